The monoisotopic (exact) mass is 387 g/mol. The third-order valence-corrected chi connectivity index (χ3v) is 5.53. The van der Waals surface area contributed by atoms with Gasteiger partial charge < -0.3 is 16.0 Å². The van der Waals surface area contributed by atoms with E-state index in [1.165, 1.54) is 12.1 Å². The molecule has 0 saturated heterocycles. The van der Waals surface area contributed by atoms with E-state index in [0.717, 1.165) is 16.6 Å². The first-order valence-corrected chi connectivity index (χ1v) is 9.70. The first-order valence-electron chi connectivity index (χ1n) is 8.29. The van der Waals surface area contributed by atoms with E-state index in [0.29, 0.717) is 0 Å². The molecule has 0 aliphatic carbocycles. The van der Waals surface area contributed by atoms with E-state index < -0.39 is 28.2 Å². The van der Waals surface area contributed by atoms with Gasteiger partial charge in [0.1, 0.15) is 11.9 Å². The summed E-state index contributed by atoms with van der Waals surface area (Å²) in [6.07, 6.45) is -0.283. The van der Waals surface area contributed by atoms with Crippen molar-refractivity contribution in [1.82, 2.24) is 9.55 Å². The Kier molecular flexibility index (Phi) is 5.26. The second-order valence-corrected chi connectivity index (χ2v) is 7.82. The summed E-state index contributed by atoms with van der Waals surface area (Å²) in [5, 5.41) is 7.72. The van der Waals surface area contributed by atoms with Gasteiger partial charge in [-0.15, -0.1) is 0 Å². The minimum Gasteiger partial charge on any atom is -0.385 e. The standard InChI is InChI=1S/C18H21N5O3S/c1-12-6-8-13(9-7-12)27(24,25)26-16(18(20)21)10-17(19)23-11-22-14-4-2-3-5-15(14)23/h2-9,11,16-17H,10,19H2,1H3,(H3,20,21). The van der Waals surface area contributed by atoms with Gasteiger partial charge in [-0.05, 0) is 31.2 Å². The normalized spacial score (nSPS) is 14.1. The van der Waals surface area contributed by atoms with Crippen molar-refractivity contribution in [2.75, 3.05) is 0 Å². The maximum absolute atomic E-state index is 12.5. The fourth-order valence-corrected chi connectivity index (χ4v) is 3.78. The molecular formula is C18H21N5O3S. The maximum Gasteiger partial charge on any atom is 0.297 e. The first-order chi connectivity index (χ1) is 12.8. The summed E-state index contributed by atoms with van der Waals surface area (Å²) in [5.41, 5.74) is 14.3. The summed E-state index contributed by atoms with van der Waals surface area (Å²) in [4.78, 5) is 4.26. The lowest BCUT2D eigenvalue weighted by molar-refractivity contribution is 0.234. The number of para-hydroxylation sites is 2. The summed E-state index contributed by atoms with van der Waals surface area (Å²) in [6.45, 7) is 1.85. The van der Waals surface area contributed by atoms with Crippen molar-refractivity contribution < 1.29 is 12.6 Å². The molecule has 3 aromatic rings. The summed E-state index contributed by atoms with van der Waals surface area (Å²) in [6, 6.07) is 13.7. The molecule has 0 aliphatic heterocycles. The second kappa shape index (κ2) is 7.47. The zero-order valence-electron chi connectivity index (χ0n) is 14.7. The highest BCUT2D eigenvalue weighted by Crippen LogP contribution is 2.21. The third-order valence-electron chi connectivity index (χ3n) is 4.19. The lowest BCUT2D eigenvalue weighted by Crippen LogP contribution is -2.36. The quantitative estimate of drug-likeness (QED) is 0.322. The zero-order chi connectivity index (χ0) is 19.6. The lowest BCUT2D eigenvalue weighted by atomic mass is 10.2. The maximum atomic E-state index is 12.5. The average molecular weight is 387 g/mol. The number of nitrogens with zero attached hydrogens (tertiary/aromatic N) is 2. The number of rotatable bonds is 7. The van der Waals surface area contributed by atoms with Crippen LogP contribution in [-0.2, 0) is 14.3 Å². The van der Waals surface area contributed by atoms with E-state index in [4.69, 9.17) is 21.1 Å². The van der Waals surface area contributed by atoms with Gasteiger partial charge in [0, 0.05) is 6.42 Å². The van der Waals surface area contributed by atoms with Gasteiger partial charge in [-0.3, -0.25) is 9.59 Å². The van der Waals surface area contributed by atoms with Gasteiger partial charge in [0.25, 0.3) is 10.1 Å². The van der Waals surface area contributed by atoms with Gasteiger partial charge in [-0.25, -0.2) is 4.98 Å². The topological polar surface area (TPSA) is 137 Å². The van der Waals surface area contributed by atoms with Gasteiger partial charge in [0.05, 0.1) is 28.4 Å². The van der Waals surface area contributed by atoms with Gasteiger partial charge in [0.15, 0.2) is 0 Å². The summed E-state index contributed by atoms with van der Waals surface area (Å²) in [7, 11) is -4.08. The van der Waals surface area contributed by atoms with Crippen LogP contribution in [0.3, 0.4) is 0 Å². The molecule has 0 bridgehead atoms. The van der Waals surface area contributed by atoms with Crippen molar-refractivity contribution in [3.8, 4) is 0 Å². The molecule has 2 atom stereocenters. The number of benzene rings is 2. The number of nitrogens with two attached hydrogens (primary N) is 2. The summed E-state index contributed by atoms with van der Waals surface area (Å²) < 4.78 is 31.9. The van der Waals surface area contributed by atoms with E-state index in [1.54, 1.807) is 23.0 Å². The van der Waals surface area contributed by atoms with Gasteiger partial charge in [0.2, 0.25) is 0 Å². The molecule has 142 valence electrons. The van der Waals surface area contributed by atoms with Crippen molar-refractivity contribution >= 4 is 27.0 Å². The number of hydrogen-bond acceptors (Lipinski definition) is 6. The molecule has 1 heterocycles. The molecule has 5 N–H and O–H groups in total. The van der Waals surface area contributed by atoms with Gasteiger partial charge in [-0.1, -0.05) is 29.8 Å². The molecule has 3 rings (SSSR count). The van der Waals surface area contributed by atoms with Crippen LogP contribution < -0.4 is 11.5 Å². The molecular weight excluding hydrogens is 366 g/mol. The summed E-state index contributed by atoms with van der Waals surface area (Å²) in [5.74, 6) is -0.412. The van der Waals surface area contributed by atoms with Crippen LogP contribution >= 0.6 is 0 Å². The SMILES string of the molecule is Cc1ccc(S(=O)(=O)OC(CC(N)n2cnc3ccccc32)C(=N)N)cc1. The van der Waals surface area contributed by atoms with E-state index in [2.05, 4.69) is 4.98 Å². The van der Waals surface area contributed by atoms with Crippen LogP contribution in [0.5, 0.6) is 0 Å². The Morgan fingerprint density at radius 2 is 1.89 bits per heavy atom. The number of imidazole rings is 1. The number of hydrogen-bond donors (Lipinski definition) is 3. The second-order valence-electron chi connectivity index (χ2n) is 6.25. The Morgan fingerprint density at radius 1 is 1.22 bits per heavy atom. The number of fused-ring (bicyclic) bond motifs is 1. The summed E-state index contributed by atoms with van der Waals surface area (Å²) >= 11 is 0. The van der Waals surface area contributed by atoms with Crippen LogP contribution in [0, 0.1) is 12.3 Å². The van der Waals surface area contributed by atoms with Crippen LogP contribution in [0.15, 0.2) is 59.8 Å². The van der Waals surface area contributed by atoms with Gasteiger partial charge in [-0.2, -0.15) is 8.42 Å². The predicted octanol–water partition coefficient (Wildman–Crippen LogP) is 1.90. The Morgan fingerprint density at radius 3 is 2.56 bits per heavy atom. The minimum absolute atomic E-state index is 0.000773. The smallest absolute Gasteiger partial charge is 0.297 e. The van der Waals surface area contributed by atoms with Crippen LogP contribution in [0.25, 0.3) is 11.0 Å². The van der Waals surface area contributed by atoms with Crippen LogP contribution in [0.2, 0.25) is 0 Å². The molecule has 2 unspecified atom stereocenters. The van der Waals surface area contributed by atoms with Crippen LogP contribution in [0.1, 0.15) is 18.2 Å². The van der Waals surface area contributed by atoms with E-state index in [-0.39, 0.29) is 11.3 Å². The Labute approximate surface area is 157 Å². The highest BCUT2D eigenvalue weighted by Gasteiger charge is 2.27. The van der Waals surface area contributed by atoms with Crippen molar-refractivity contribution in [3.05, 3.63) is 60.4 Å². The van der Waals surface area contributed by atoms with Crippen molar-refractivity contribution in [2.45, 2.75) is 30.5 Å². The number of nitrogens with one attached hydrogen (secondary N) is 1. The number of aromatic nitrogens is 2. The third kappa shape index (κ3) is 4.16. The molecule has 9 heteroatoms. The minimum atomic E-state index is -4.08. The molecule has 0 fully saturated rings. The fourth-order valence-electron chi connectivity index (χ4n) is 2.71. The molecule has 27 heavy (non-hydrogen) atoms. The van der Waals surface area contributed by atoms with Crippen LogP contribution in [-0.4, -0.2) is 29.9 Å². The molecule has 1 aromatic heterocycles. The van der Waals surface area contributed by atoms with Crippen molar-refractivity contribution in [2.24, 2.45) is 11.5 Å². The van der Waals surface area contributed by atoms with E-state index >= 15 is 0 Å². The van der Waals surface area contributed by atoms with Crippen LogP contribution in [0.4, 0.5) is 0 Å². The average Bonchev–Trinajstić information content (AvgIpc) is 3.05. The molecule has 0 spiro atoms. The Hall–Kier alpha value is -2.75. The van der Waals surface area contributed by atoms with E-state index in [9.17, 15) is 8.42 Å². The first kappa shape index (κ1) is 19.0. The molecule has 0 saturated carbocycles. The molecule has 0 amide bonds. The number of amidine groups is 1. The Bertz CT molecular complexity index is 1060. The lowest BCUT2D eigenvalue weighted by Gasteiger charge is -2.21. The molecule has 0 aliphatic rings. The molecule has 2 aromatic carbocycles. The van der Waals surface area contributed by atoms with Crippen molar-refractivity contribution in [3.63, 3.8) is 0 Å². The Balaban J connectivity index is 1.81. The highest BCUT2D eigenvalue weighted by molar-refractivity contribution is 7.86. The van der Waals surface area contributed by atoms with Crippen molar-refractivity contribution in [1.29, 1.82) is 5.41 Å². The number of aryl methyl sites for hydroxylation is 1. The fraction of sp³-hybridized carbons (Fsp3) is 0.222. The highest BCUT2D eigenvalue weighted by atomic mass is 32.2. The van der Waals surface area contributed by atoms with Gasteiger partial charge >= 0.3 is 0 Å². The van der Waals surface area contributed by atoms with E-state index in [1.807, 2.05) is 31.2 Å². The molecule has 0 radical (unpaired) electrons. The largest absolute Gasteiger partial charge is 0.385 e. The zero-order valence-corrected chi connectivity index (χ0v) is 15.6. The predicted molar refractivity (Wildman–Crippen MR) is 103 cm³/mol. The molecule has 8 nitrogen and oxygen atoms in total.